The third kappa shape index (κ3) is 3.48. The molecule has 1 aliphatic heterocycles. The molecule has 0 amide bonds. The maximum absolute atomic E-state index is 4.29. The number of nitrogens with one attached hydrogen (secondary N) is 1. The molecule has 2 heterocycles. The second-order valence-corrected chi connectivity index (χ2v) is 5.81. The quantitative estimate of drug-likeness (QED) is 0.837. The van der Waals surface area contributed by atoms with Gasteiger partial charge in [0.15, 0.2) is 0 Å². The Bertz CT molecular complexity index is 344. The first-order valence-electron chi connectivity index (χ1n) is 6.26. The molecule has 0 aliphatic carbocycles. The molecule has 4 heteroatoms. The van der Waals surface area contributed by atoms with Crippen molar-refractivity contribution in [1.29, 1.82) is 0 Å². The molecule has 0 radical (unpaired) electrons. The van der Waals surface area contributed by atoms with Gasteiger partial charge in [0.1, 0.15) is 6.33 Å². The summed E-state index contributed by atoms with van der Waals surface area (Å²) < 4.78 is 0. The third-order valence-electron chi connectivity index (χ3n) is 3.33. The van der Waals surface area contributed by atoms with Gasteiger partial charge in [0, 0.05) is 38.4 Å². The fourth-order valence-electron chi connectivity index (χ4n) is 2.18. The molecule has 1 aromatic rings. The summed E-state index contributed by atoms with van der Waals surface area (Å²) in [6.07, 6.45) is 3.44. The van der Waals surface area contributed by atoms with Crippen LogP contribution in [0.25, 0.3) is 0 Å². The summed E-state index contributed by atoms with van der Waals surface area (Å²) in [6.45, 7) is 11.0. The molecule has 0 aromatic carbocycles. The van der Waals surface area contributed by atoms with Crippen LogP contribution in [0.4, 0.5) is 0 Å². The Kier molecular flexibility index (Phi) is 3.74. The first-order valence-corrected chi connectivity index (χ1v) is 6.26. The largest absolute Gasteiger partial charge is 0.311 e. The highest BCUT2D eigenvalue weighted by Crippen LogP contribution is 2.22. The van der Waals surface area contributed by atoms with Crippen molar-refractivity contribution >= 4 is 0 Å². The van der Waals surface area contributed by atoms with E-state index in [1.54, 1.807) is 6.33 Å². The Morgan fingerprint density at radius 1 is 1.47 bits per heavy atom. The molecule has 0 bridgehead atoms. The summed E-state index contributed by atoms with van der Waals surface area (Å²) in [5.74, 6) is 0. The zero-order chi connectivity index (χ0) is 12.3. The second kappa shape index (κ2) is 5.10. The maximum Gasteiger partial charge on any atom is 0.115 e. The minimum Gasteiger partial charge on any atom is -0.311 e. The van der Waals surface area contributed by atoms with Crippen LogP contribution in [-0.2, 0) is 6.54 Å². The van der Waals surface area contributed by atoms with E-state index in [-0.39, 0.29) is 0 Å². The van der Waals surface area contributed by atoms with E-state index in [4.69, 9.17) is 0 Å². The Labute approximate surface area is 103 Å². The fourth-order valence-corrected chi connectivity index (χ4v) is 2.18. The van der Waals surface area contributed by atoms with Gasteiger partial charge in [-0.05, 0) is 11.5 Å². The topological polar surface area (TPSA) is 41.1 Å². The van der Waals surface area contributed by atoms with Gasteiger partial charge in [-0.15, -0.1) is 0 Å². The molecule has 1 aromatic heterocycles. The predicted octanol–water partition coefficient (Wildman–Crippen LogP) is 1.30. The van der Waals surface area contributed by atoms with Crippen LogP contribution >= 0.6 is 0 Å². The van der Waals surface area contributed by atoms with Crippen molar-refractivity contribution in [1.82, 2.24) is 20.2 Å². The summed E-state index contributed by atoms with van der Waals surface area (Å²) in [5, 5.41) is 3.60. The van der Waals surface area contributed by atoms with Gasteiger partial charge in [-0.25, -0.2) is 9.97 Å². The van der Waals surface area contributed by atoms with Crippen molar-refractivity contribution < 1.29 is 0 Å². The smallest absolute Gasteiger partial charge is 0.115 e. The van der Waals surface area contributed by atoms with Crippen molar-refractivity contribution in [2.45, 2.75) is 33.4 Å². The van der Waals surface area contributed by atoms with Gasteiger partial charge in [0.25, 0.3) is 0 Å². The molecule has 1 unspecified atom stereocenters. The highest BCUT2D eigenvalue weighted by Gasteiger charge is 2.29. The average molecular weight is 234 g/mol. The number of nitrogens with zero attached hydrogens (tertiary/aromatic N) is 3. The monoisotopic (exact) mass is 234 g/mol. The zero-order valence-electron chi connectivity index (χ0n) is 11.0. The van der Waals surface area contributed by atoms with Gasteiger partial charge in [-0.2, -0.15) is 0 Å². The lowest BCUT2D eigenvalue weighted by Gasteiger charge is -2.40. The fraction of sp³-hybridized carbons (Fsp3) is 0.692. The molecule has 1 fully saturated rings. The van der Waals surface area contributed by atoms with Crippen LogP contribution in [0.3, 0.4) is 0 Å². The molecule has 0 saturated carbocycles. The Morgan fingerprint density at radius 3 is 2.94 bits per heavy atom. The molecule has 1 atom stereocenters. The molecular formula is C13H22N4. The number of aromatic nitrogens is 2. The second-order valence-electron chi connectivity index (χ2n) is 5.81. The van der Waals surface area contributed by atoms with Crippen molar-refractivity contribution in [2.75, 3.05) is 19.6 Å². The lowest BCUT2D eigenvalue weighted by atomic mass is 9.85. The standard InChI is InChI=1S/C13H22N4/c1-13(2,3)12-9-17(7-6-15-12)8-11-4-5-14-10-16-11/h4-5,10,12,15H,6-9H2,1-3H3. The van der Waals surface area contributed by atoms with E-state index >= 15 is 0 Å². The lowest BCUT2D eigenvalue weighted by Crippen LogP contribution is -2.55. The van der Waals surface area contributed by atoms with Crippen molar-refractivity contribution in [2.24, 2.45) is 5.41 Å². The molecule has 0 spiro atoms. The van der Waals surface area contributed by atoms with Crippen LogP contribution in [0, 0.1) is 5.41 Å². The van der Waals surface area contributed by atoms with E-state index in [0.717, 1.165) is 31.9 Å². The molecule has 4 nitrogen and oxygen atoms in total. The lowest BCUT2D eigenvalue weighted by molar-refractivity contribution is 0.128. The van der Waals surface area contributed by atoms with Gasteiger partial charge in [-0.3, -0.25) is 4.90 Å². The minimum atomic E-state index is 0.310. The number of hydrogen-bond donors (Lipinski definition) is 1. The minimum absolute atomic E-state index is 0.310. The number of piperazine rings is 1. The summed E-state index contributed by atoms with van der Waals surface area (Å²) in [5.41, 5.74) is 1.42. The average Bonchev–Trinajstić information content (AvgIpc) is 2.29. The molecule has 1 aliphatic rings. The van der Waals surface area contributed by atoms with Gasteiger partial charge >= 0.3 is 0 Å². The first kappa shape index (κ1) is 12.5. The van der Waals surface area contributed by atoms with Gasteiger partial charge in [-0.1, -0.05) is 20.8 Å². The summed E-state index contributed by atoms with van der Waals surface area (Å²) in [6, 6.07) is 2.55. The van der Waals surface area contributed by atoms with E-state index in [2.05, 4.69) is 41.0 Å². The van der Waals surface area contributed by atoms with Gasteiger partial charge in [0.2, 0.25) is 0 Å². The molecule has 94 valence electrons. The Morgan fingerprint density at radius 2 is 2.29 bits per heavy atom. The highest BCUT2D eigenvalue weighted by atomic mass is 15.2. The van der Waals surface area contributed by atoms with Gasteiger partial charge < -0.3 is 5.32 Å². The van der Waals surface area contributed by atoms with Crippen LogP contribution in [0.1, 0.15) is 26.5 Å². The van der Waals surface area contributed by atoms with E-state index < -0.39 is 0 Å². The van der Waals surface area contributed by atoms with Crippen LogP contribution < -0.4 is 5.32 Å². The normalized spacial score (nSPS) is 22.6. The Balaban J connectivity index is 1.94. The van der Waals surface area contributed by atoms with E-state index in [0.29, 0.717) is 11.5 Å². The SMILES string of the molecule is CC(C)(C)C1CN(Cc2ccncn2)CCN1. The van der Waals surface area contributed by atoms with Crippen LogP contribution in [0.15, 0.2) is 18.6 Å². The van der Waals surface area contributed by atoms with E-state index in [1.165, 1.54) is 0 Å². The third-order valence-corrected chi connectivity index (χ3v) is 3.33. The Hall–Kier alpha value is -1.00. The highest BCUT2D eigenvalue weighted by molar-refractivity contribution is 4.99. The van der Waals surface area contributed by atoms with Gasteiger partial charge in [0.05, 0.1) is 5.69 Å². The van der Waals surface area contributed by atoms with Crippen molar-refractivity contribution in [3.63, 3.8) is 0 Å². The van der Waals surface area contributed by atoms with Crippen LogP contribution in [0.5, 0.6) is 0 Å². The zero-order valence-corrected chi connectivity index (χ0v) is 11.0. The predicted molar refractivity (Wildman–Crippen MR) is 68.6 cm³/mol. The number of rotatable bonds is 2. The van der Waals surface area contributed by atoms with Crippen molar-refractivity contribution in [3.05, 3.63) is 24.3 Å². The maximum atomic E-state index is 4.29. The molecule has 17 heavy (non-hydrogen) atoms. The van der Waals surface area contributed by atoms with Crippen molar-refractivity contribution in [3.8, 4) is 0 Å². The first-order chi connectivity index (χ1) is 8.05. The summed E-state index contributed by atoms with van der Waals surface area (Å²) >= 11 is 0. The van der Waals surface area contributed by atoms with E-state index in [9.17, 15) is 0 Å². The van der Waals surface area contributed by atoms with Crippen LogP contribution in [-0.4, -0.2) is 40.5 Å². The molecule has 1 N–H and O–H groups in total. The van der Waals surface area contributed by atoms with Crippen LogP contribution in [0.2, 0.25) is 0 Å². The molecule has 2 rings (SSSR count). The molecule has 1 saturated heterocycles. The number of hydrogen-bond acceptors (Lipinski definition) is 4. The summed E-state index contributed by atoms with van der Waals surface area (Å²) in [4.78, 5) is 10.7. The molecular weight excluding hydrogens is 212 g/mol. The van der Waals surface area contributed by atoms with E-state index in [1.807, 2.05) is 12.3 Å². The summed E-state index contributed by atoms with van der Waals surface area (Å²) in [7, 11) is 0.